The molecule has 0 aliphatic rings. The van der Waals surface area contributed by atoms with Crippen LogP contribution in [0.3, 0.4) is 0 Å². The van der Waals surface area contributed by atoms with Crippen LogP contribution in [0.5, 0.6) is 0 Å². The lowest BCUT2D eigenvalue weighted by molar-refractivity contribution is 0.677. The second-order valence-corrected chi connectivity index (χ2v) is 7.13. The van der Waals surface area contributed by atoms with E-state index >= 15 is 0 Å². The van der Waals surface area contributed by atoms with Crippen molar-refractivity contribution in [2.24, 2.45) is 0 Å². The first-order valence-corrected chi connectivity index (χ1v) is 8.75. The maximum absolute atomic E-state index is 12.2. The highest BCUT2D eigenvalue weighted by molar-refractivity contribution is 9.10. The van der Waals surface area contributed by atoms with E-state index in [0.717, 1.165) is 28.6 Å². The van der Waals surface area contributed by atoms with Crippen molar-refractivity contribution >= 4 is 32.4 Å². The topological polar surface area (TPSA) is 43.1 Å². The van der Waals surface area contributed by atoms with E-state index in [9.17, 15) is 4.21 Å². The highest BCUT2D eigenvalue weighted by Crippen LogP contribution is 2.22. The Kier molecular flexibility index (Phi) is 5.80. The number of nitrogen functional groups attached to an aromatic ring is 1. The van der Waals surface area contributed by atoms with Crippen molar-refractivity contribution in [2.75, 3.05) is 11.5 Å². The molecule has 1 unspecified atom stereocenters. The molecule has 0 saturated heterocycles. The van der Waals surface area contributed by atoms with Gasteiger partial charge in [0, 0.05) is 15.9 Å². The van der Waals surface area contributed by atoms with Gasteiger partial charge in [0.1, 0.15) is 0 Å². The lowest BCUT2D eigenvalue weighted by Gasteiger charge is -2.06. The quantitative estimate of drug-likeness (QED) is 0.627. The molecule has 0 saturated carbocycles. The second kappa shape index (κ2) is 7.60. The Morgan fingerprint density at radius 2 is 1.80 bits per heavy atom. The predicted octanol–water partition coefficient (Wildman–Crippen LogP) is 4.16. The first kappa shape index (κ1) is 15.3. The van der Waals surface area contributed by atoms with E-state index in [1.165, 1.54) is 5.56 Å². The fourth-order valence-corrected chi connectivity index (χ4v) is 3.65. The number of hydrogen-bond acceptors (Lipinski definition) is 2. The van der Waals surface area contributed by atoms with Gasteiger partial charge in [-0.05, 0) is 43.0 Å². The summed E-state index contributed by atoms with van der Waals surface area (Å²) in [6.45, 7) is 0. The summed E-state index contributed by atoms with van der Waals surface area (Å²) in [7, 11) is -1.01. The van der Waals surface area contributed by atoms with E-state index < -0.39 is 10.8 Å². The zero-order valence-corrected chi connectivity index (χ0v) is 13.6. The van der Waals surface area contributed by atoms with Gasteiger partial charge in [-0.1, -0.05) is 46.3 Å². The summed E-state index contributed by atoms with van der Waals surface area (Å²) in [5, 5.41) is 0. The summed E-state index contributed by atoms with van der Waals surface area (Å²) in [6.07, 6.45) is 3.02. The third-order valence-electron chi connectivity index (χ3n) is 3.11. The largest absolute Gasteiger partial charge is 0.398 e. The molecule has 0 bridgehead atoms. The van der Waals surface area contributed by atoms with E-state index in [1.807, 2.05) is 18.2 Å². The molecule has 2 aromatic rings. The summed E-state index contributed by atoms with van der Waals surface area (Å²) < 4.78 is 13.1. The van der Waals surface area contributed by atoms with Crippen LogP contribution in [-0.4, -0.2) is 9.96 Å². The van der Waals surface area contributed by atoms with Gasteiger partial charge in [0.2, 0.25) is 0 Å². The zero-order chi connectivity index (χ0) is 14.4. The Morgan fingerprint density at radius 3 is 2.50 bits per heavy atom. The molecule has 0 heterocycles. The molecule has 0 radical (unpaired) electrons. The Labute approximate surface area is 131 Å². The number of aryl methyl sites for hydroxylation is 1. The maximum Gasteiger partial charge on any atom is 0.0618 e. The van der Waals surface area contributed by atoms with Crippen LogP contribution >= 0.6 is 15.9 Å². The first-order valence-electron chi connectivity index (χ1n) is 6.64. The fourth-order valence-electron chi connectivity index (χ4n) is 2.04. The lowest BCUT2D eigenvalue weighted by Crippen LogP contribution is -2.02. The molecule has 1 atom stereocenters. The van der Waals surface area contributed by atoms with Crippen LogP contribution in [-0.2, 0) is 17.2 Å². The third-order valence-corrected chi connectivity index (χ3v) is 5.12. The molecule has 2 N–H and O–H groups in total. The van der Waals surface area contributed by atoms with Gasteiger partial charge in [-0.15, -0.1) is 0 Å². The molecule has 0 fully saturated rings. The number of hydrogen-bond donors (Lipinski definition) is 1. The van der Waals surface area contributed by atoms with Crippen molar-refractivity contribution in [2.45, 2.75) is 24.2 Å². The smallest absolute Gasteiger partial charge is 0.0618 e. The second-order valence-electron chi connectivity index (χ2n) is 4.67. The van der Waals surface area contributed by atoms with Crippen molar-refractivity contribution in [3.63, 3.8) is 0 Å². The van der Waals surface area contributed by atoms with Gasteiger partial charge in [-0.2, -0.15) is 0 Å². The molecule has 4 heteroatoms. The molecule has 0 amide bonds. The average Bonchev–Trinajstić information content (AvgIpc) is 2.44. The monoisotopic (exact) mass is 351 g/mol. The Morgan fingerprint density at radius 1 is 1.05 bits per heavy atom. The minimum absolute atomic E-state index is 0.598. The van der Waals surface area contributed by atoms with Crippen LogP contribution in [0.25, 0.3) is 0 Å². The molecule has 20 heavy (non-hydrogen) atoms. The van der Waals surface area contributed by atoms with Crippen LogP contribution in [0.15, 0.2) is 57.9 Å². The number of benzene rings is 2. The molecular formula is C16H18BrNOS. The van der Waals surface area contributed by atoms with Gasteiger partial charge in [0.05, 0.1) is 15.7 Å². The van der Waals surface area contributed by atoms with Crippen LogP contribution in [0, 0.1) is 0 Å². The summed E-state index contributed by atoms with van der Waals surface area (Å²) in [5.74, 6) is 0.665. The van der Waals surface area contributed by atoms with Gasteiger partial charge in [-0.3, -0.25) is 4.21 Å². The molecule has 106 valence electrons. The summed E-state index contributed by atoms with van der Waals surface area (Å²) >= 11 is 3.36. The number of halogens is 1. The van der Waals surface area contributed by atoms with E-state index in [0.29, 0.717) is 11.4 Å². The van der Waals surface area contributed by atoms with E-state index in [1.54, 1.807) is 6.07 Å². The molecule has 2 rings (SSSR count). The van der Waals surface area contributed by atoms with Gasteiger partial charge in [-0.25, -0.2) is 0 Å². The van der Waals surface area contributed by atoms with Crippen LogP contribution in [0.4, 0.5) is 5.69 Å². The number of anilines is 1. The third kappa shape index (κ3) is 4.46. The van der Waals surface area contributed by atoms with E-state index in [2.05, 4.69) is 40.2 Å². The summed E-state index contributed by atoms with van der Waals surface area (Å²) in [6, 6.07) is 15.9. The Balaban J connectivity index is 1.80. The van der Waals surface area contributed by atoms with Crippen molar-refractivity contribution in [3.05, 3.63) is 58.6 Å². The molecule has 2 aromatic carbocycles. The average molecular weight is 352 g/mol. The molecule has 0 spiro atoms. The fraction of sp³-hybridized carbons (Fsp3) is 0.250. The number of nitrogens with two attached hydrogens (primary N) is 1. The normalized spacial score (nSPS) is 12.2. The molecule has 0 aliphatic carbocycles. The van der Waals surface area contributed by atoms with E-state index in [4.69, 9.17) is 5.73 Å². The minimum atomic E-state index is -1.01. The lowest BCUT2D eigenvalue weighted by atomic mass is 10.1. The van der Waals surface area contributed by atoms with Crippen LogP contribution < -0.4 is 5.73 Å². The van der Waals surface area contributed by atoms with Crippen LogP contribution in [0.1, 0.15) is 18.4 Å². The zero-order valence-electron chi connectivity index (χ0n) is 11.2. The molecule has 0 aliphatic heterocycles. The van der Waals surface area contributed by atoms with Crippen molar-refractivity contribution in [1.82, 2.24) is 0 Å². The first-order chi connectivity index (χ1) is 9.66. The number of rotatable bonds is 6. The standard InChI is InChI=1S/C16H18BrNOS/c17-14-9-10-16(15(18)12-14)20(19)11-5-4-8-13-6-2-1-3-7-13/h1-3,6-7,9-10,12H,4-5,8,11,18H2. The molecular weight excluding hydrogens is 334 g/mol. The number of unbranched alkanes of at least 4 members (excludes halogenated alkanes) is 1. The van der Waals surface area contributed by atoms with Crippen molar-refractivity contribution < 1.29 is 4.21 Å². The summed E-state index contributed by atoms with van der Waals surface area (Å²) in [4.78, 5) is 0.743. The SMILES string of the molecule is Nc1cc(Br)ccc1S(=O)CCCCc1ccccc1. The van der Waals surface area contributed by atoms with Gasteiger partial charge < -0.3 is 5.73 Å². The predicted molar refractivity (Wildman–Crippen MR) is 89.2 cm³/mol. The van der Waals surface area contributed by atoms with Gasteiger partial charge in [0.15, 0.2) is 0 Å². The Bertz CT molecular complexity index is 586. The van der Waals surface area contributed by atoms with Gasteiger partial charge in [0.25, 0.3) is 0 Å². The molecule has 2 nitrogen and oxygen atoms in total. The minimum Gasteiger partial charge on any atom is -0.398 e. The van der Waals surface area contributed by atoms with Crippen molar-refractivity contribution in [1.29, 1.82) is 0 Å². The maximum atomic E-state index is 12.2. The summed E-state index contributed by atoms with van der Waals surface area (Å²) in [5.41, 5.74) is 7.83. The van der Waals surface area contributed by atoms with E-state index in [-0.39, 0.29) is 0 Å². The highest BCUT2D eigenvalue weighted by atomic mass is 79.9. The van der Waals surface area contributed by atoms with Crippen molar-refractivity contribution in [3.8, 4) is 0 Å². The van der Waals surface area contributed by atoms with Gasteiger partial charge >= 0.3 is 0 Å². The van der Waals surface area contributed by atoms with Crippen LogP contribution in [0.2, 0.25) is 0 Å². The Hall–Kier alpha value is -1.13. The molecule has 0 aromatic heterocycles. The highest BCUT2D eigenvalue weighted by Gasteiger charge is 2.08.